The van der Waals surface area contributed by atoms with Gasteiger partial charge in [-0.2, -0.15) is 4.98 Å². The first-order valence-electron chi connectivity index (χ1n) is 9.62. The van der Waals surface area contributed by atoms with Gasteiger partial charge in [0.15, 0.2) is 5.13 Å². The van der Waals surface area contributed by atoms with Gasteiger partial charge in [-0.3, -0.25) is 9.69 Å². The van der Waals surface area contributed by atoms with Crippen molar-refractivity contribution in [1.82, 2.24) is 24.6 Å². The standard InChI is InChI=1S/C21H22N6OS2/c1-5-16-6-8-18(9-7-16)26(15(4)28)21-23-17(12-30-21)11-29-20-24-19-22-13(2)10-14(3)27(19)25-20/h6-10,12H,5,11H2,1-4H3. The van der Waals surface area contributed by atoms with Crippen molar-refractivity contribution in [3.63, 3.8) is 0 Å². The number of benzene rings is 1. The Morgan fingerprint density at radius 1 is 1.17 bits per heavy atom. The van der Waals surface area contributed by atoms with Crippen LogP contribution in [0.4, 0.5) is 10.8 Å². The fourth-order valence-corrected chi connectivity index (χ4v) is 4.82. The molecule has 0 saturated carbocycles. The van der Waals surface area contributed by atoms with Crippen molar-refractivity contribution in [3.8, 4) is 0 Å². The first-order valence-corrected chi connectivity index (χ1v) is 11.5. The van der Waals surface area contributed by atoms with Crippen molar-refractivity contribution >= 4 is 45.6 Å². The number of nitrogens with zero attached hydrogens (tertiary/aromatic N) is 6. The summed E-state index contributed by atoms with van der Waals surface area (Å²) in [6.07, 6.45) is 0.963. The SMILES string of the molecule is CCc1ccc(N(C(C)=O)c2nc(CSc3nc4nc(C)cc(C)n4n3)cs2)cc1. The van der Waals surface area contributed by atoms with E-state index >= 15 is 0 Å². The molecule has 9 heteroatoms. The van der Waals surface area contributed by atoms with Crippen molar-refractivity contribution in [2.24, 2.45) is 0 Å². The van der Waals surface area contributed by atoms with Crippen LogP contribution < -0.4 is 4.90 Å². The van der Waals surface area contributed by atoms with Crippen LogP contribution in [0.1, 0.15) is 36.5 Å². The van der Waals surface area contributed by atoms with E-state index in [0.717, 1.165) is 29.2 Å². The van der Waals surface area contributed by atoms with Crippen molar-refractivity contribution in [3.05, 3.63) is 58.4 Å². The average molecular weight is 439 g/mol. The minimum atomic E-state index is -0.0632. The number of hydrogen-bond donors (Lipinski definition) is 0. The number of fused-ring (bicyclic) bond motifs is 1. The van der Waals surface area contributed by atoms with Gasteiger partial charge < -0.3 is 0 Å². The maximum atomic E-state index is 12.3. The number of hydrogen-bond acceptors (Lipinski definition) is 7. The predicted octanol–water partition coefficient (Wildman–Crippen LogP) is 4.74. The van der Waals surface area contributed by atoms with E-state index in [1.807, 2.05) is 49.6 Å². The molecule has 7 nitrogen and oxygen atoms in total. The Balaban J connectivity index is 1.51. The number of thioether (sulfide) groups is 1. The fourth-order valence-electron chi connectivity index (χ4n) is 3.12. The molecule has 0 atom stereocenters. The maximum Gasteiger partial charge on any atom is 0.253 e. The third-order valence-electron chi connectivity index (χ3n) is 4.60. The highest BCUT2D eigenvalue weighted by atomic mass is 32.2. The molecule has 1 amide bonds. The zero-order valence-corrected chi connectivity index (χ0v) is 18.9. The van der Waals surface area contributed by atoms with Gasteiger partial charge in [0.2, 0.25) is 11.1 Å². The number of aryl methyl sites for hydroxylation is 3. The number of anilines is 2. The van der Waals surface area contributed by atoms with Crippen LogP contribution >= 0.6 is 23.1 Å². The smallest absolute Gasteiger partial charge is 0.253 e. The van der Waals surface area contributed by atoms with Gasteiger partial charge in [-0.15, -0.1) is 16.4 Å². The molecule has 154 valence electrons. The first-order chi connectivity index (χ1) is 14.4. The Kier molecular flexibility index (Phi) is 5.83. The van der Waals surface area contributed by atoms with E-state index in [4.69, 9.17) is 0 Å². The minimum absolute atomic E-state index is 0.0632. The van der Waals surface area contributed by atoms with Crippen LogP contribution in [0.25, 0.3) is 5.78 Å². The molecule has 0 saturated heterocycles. The minimum Gasteiger partial charge on any atom is -0.274 e. The van der Waals surface area contributed by atoms with E-state index in [9.17, 15) is 4.79 Å². The highest BCUT2D eigenvalue weighted by molar-refractivity contribution is 7.98. The number of carbonyl (C=O) groups is 1. The highest BCUT2D eigenvalue weighted by Crippen LogP contribution is 2.31. The van der Waals surface area contributed by atoms with Crippen molar-refractivity contribution in [1.29, 1.82) is 0 Å². The molecule has 0 aliphatic carbocycles. The van der Waals surface area contributed by atoms with Gasteiger partial charge in [0.1, 0.15) is 0 Å². The molecule has 0 N–H and O–H groups in total. The summed E-state index contributed by atoms with van der Waals surface area (Å²) < 4.78 is 1.75. The van der Waals surface area contributed by atoms with Crippen molar-refractivity contribution in [2.45, 2.75) is 45.0 Å². The van der Waals surface area contributed by atoms with Crippen LogP contribution in [0.3, 0.4) is 0 Å². The summed E-state index contributed by atoms with van der Waals surface area (Å²) in [7, 11) is 0. The van der Waals surface area contributed by atoms with Gasteiger partial charge in [-0.25, -0.2) is 14.5 Å². The fraction of sp³-hybridized carbons (Fsp3) is 0.286. The monoisotopic (exact) mass is 438 g/mol. The molecule has 0 bridgehead atoms. The topological polar surface area (TPSA) is 76.3 Å². The van der Waals surface area contributed by atoms with Gasteiger partial charge >= 0.3 is 0 Å². The number of thiazole rings is 1. The highest BCUT2D eigenvalue weighted by Gasteiger charge is 2.18. The van der Waals surface area contributed by atoms with Gasteiger partial charge in [-0.05, 0) is 44.0 Å². The van der Waals surface area contributed by atoms with E-state index in [2.05, 4.69) is 27.0 Å². The molecule has 4 aromatic rings. The van der Waals surface area contributed by atoms with E-state index < -0.39 is 0 Å². The molecule has 3 heterocycles. The second-order valence-corrected chi connectivity index (χ2v) is 8.71. The third kappa shape index (κ3) is 4.22. The van der Waals surface area contributed by atoms with E-state index in [0.29, 0.717) is 21.8 Å². The average Bonchev–Trinajstić information content (AvgIpc) is 3.34. The molecule has 3 aromatic heterocycles. The Hall–Kier alpha value is -2.78. The number of aromatic nitrogens is 5. The molecule has 30 heavy (non-hydrogen) atoms. The zero-order valence-electron chi connectivity index (χ0n) is 17.3. The summed E-state index contributed by atoms with van der Waals surface area (Å²) in [5.74, 6) is 1.16. The lowest BCUT2D eigenvalue weighted by Gasteiger charge is -2.18. The normalized spacial score (nSPS) is 11.2. The van der Waals surface area contributed by atoms with Gasteiger partial charge in [0.25, 0.3) is 5.78 Å². The Bertz CT molecular complexity index is 1200. The maximum absolute atomic E-state index is 12.3. The summed E-state index contributed by atoms with van der Waals surface area (Å²) in [6.45, 7) is 7.60. The third-order valence-corrected chi connectivity index (χ3v) is 6.34. The molecular formula is C21H22N6OS2. The largest absolute Gasteiger partial charge is 0.274 e. The number of rotatable bonds is 6. The Morgan fingerprint density at radius 3 is 2.63 bits per heavy atom. The molecule has 0 spiro atoms. The Morgan fingerprint density at radius 2 is 1.93 bits per heavy atom. The van der Waals surface area contributed by atoms with Crippen molar-refractivity contribution in [2.75, 3.05) is 4.90 Å². The zero-order chi connectivity index (χ0) is 21.3. The van der Waals surface area contributed by atoms with Crippen LogP contribution in [0, 0.1) is 13.8 Å². The summed E-state index contributed by atoms with van der Waals surface area (Å²) in [6, 6.07) is 10.00. The second-order valence-electron chi connectivity index (χ2n) is 6.93. The van der Waals surface area contributed by atoms with E-state index in [1.165, 1.54) is 28.7 Å². The van der Waals surface area contributed by atoms with Crippen LogP contribution in [0.2, 0.25) is 0 Å². The second kappa shape index (κ2) is 8.53. The number of amides is 1. The summed E-state index contributed by atoms with van der Waals surface area (Å²) in [5.41, 5.74) is 4.87. The van der Waals surface area contributed by atoms with Crippen LogP contribution in [0.5, 0.6) is 0 Å². The molecule has 1 aromatic carbocycles. The van der Waals surface area contributed by atoms with Crippen LogP contribution in [-0.2, 0) is 17.0 Å². The number of carbonyl (C=O) groups excluding carboxylic acids is 1. The van der Waals surface area contributed by atoms with E-state index in [-0.39, 0.29) is 5.91 Å². The van der Waals surface area contributed by atoms with Gasteiger partial charge in [0.05, 0.1) is 11.4 Å². The summed E-state index contributed by atoms with van der Waals surface area (Å²) >= 11 is 2.96. The summed E-state index contributed by atoms with van der Waals surface area (Å²) in [5, 5.41) is 7.82. The molecule has 4 rings (SSSR count). The molecule has 0 radical (unpaired) electrons. The van der Waals surface area contributed by atoms with Crippen molar-refractivity contribution < 1.29 is 4.79 Å². The van der Waals surface area contributed by atoms with Gasteiger partial charge in [-0.1, -0.05) is 30.8 Å². The van der Waals surface area contributed by atoms with Crippen LogP contribution in [-0.4, -0.2) is 30.5 Å². The molecule has 0 fully saturated rings. The molecule has 0 aliphatic heterocycles. The molecule has 0 aliphatic rings. The summed E-state index contributed by atoms with van der Waals surface area (Å²) in [4.78, 5) is 27.6. The lowest BCUT2D eigenvalue weighted by Crippen LogP contribution is -2.22. The van der Waals surface area contributed by atoms with Crippen LogP contribution in [0.15, 0.2) is 40.9 Å². The Labute approximate surface area is 183 Å². The quantitative estimate of drug-likeness (QED) is 0.405. The lowest BCUT2D eigenvalue weighted by atomic mass is 10.1. The van der Waals surface area contributed by atoms with Gasteiger partial charge in [0, 0.05) is 29.4 Å². The molecule has 0 unspecified atom stereocenters. The lowest BCUT2D eigenvalue weighted by molar-refractivity contribution is -0.115. The first kappa shape index (κ1) is 20.5. The predicted molar refractivity (Wildman–Crippen MR) is 121 cm³/mol. The van der Waals surface area contributed by atoms with E-state index in [1.54, 1.807) is 16.3 Å². The molecular weight excluding hydrogens is 416 g/mol.